The molecule has 0 spiro atoms. The third-order valence-corrected chi connectivity index (χ3v) is 6.05. The molecular weight excluding hydrogens is 330 g/mol. The van der Waals surface area contributed by atoms with Gasteiger partial charge in [-0.05, 0) is 80.4 Å². The lowest BCUT2D eigenvalue weighted by Gasteiger charge is -2.31. The van der Waals surface area contributed by atoms with E-state index in [4.69, 9.17) is 0 Å². The first kappa shape index (κ1) is 18.0. The summed E-state index contributed by atoms with van der Waals surface area (Å²) in [6, 6.07) is 10.2. The smallest absolute Gasteiger partial charge is 0.319 e. The van der Waals surface area contributed by atoms with Gasteiger partial charge >= 0.3 is 6.03 Å². The molecule has 2 heterocycles. The van der Waals surface area contributed by atoms with E-state index in [1.165, 1.54) is 28.8 Å². The summed E-state index contributed by atoms with van der Waals surface area (Å²) in [5.41, 5.74) is 3.26. The van der Waals surface area contributed by atoms with Gasteiger partial charge in [-0.25, -0.2) is 4.79 Å². The molecule has 25 heavy (non-hydrogen) atoms. The lowest BCUT2D eigenvalue weighted by molar-refractivity contribution is 0.212. The number of carbonyl (C=O) groups excluding carboxylic acids is 1. The van der Waals surface area contributed by atoms with Crippen LogP contribution in [0, 0.1) is 13.8 Å². The average Bonchev–Trinajstić information content (AvgIpc) is 3.13. The van der Waals surface area contributed by atoms with Crippen molar-refractivity contribution in [2.45, 2.75) is 32.6 Å². The summed E-state index contributed by atoms with van der Waals surface area (Å²) in [7, 11) is 0. The van der Waals surface area contributed by atoms with Crippen LogP contribution in [0.15, 0.2) is 35.7 Å². The van der Waals surface area contributed by atoms with Crippen LogP contribution in [0.2, 0.25) is 0 Å². The fraction of sp³-hybridized carbons (Fsp3) is 0.450. The van der Waals surface area contributed by atoms with Gasteiger partial charge in [-0.2, -0.15) is 0 Å². The highest BCUT2D eigenvalue weighted by Crippen LogP contribution is 2.30. The number of aryl methyl sites for hydroxylation is 2. The van der Waals surface area contributed by atoms with E-state index in [-0.39, 0.29) is 6.03 Å². The Morgan fingerprint density at radius 1 is 1.20 bits per heavy atom. The summed E-state index contributed by atoms with van der Waals surface area (Å²) in [6.07, 6.45) is 2.44. The first-order chi connectivity index (χ1) is 12.1. The van der Waals surface area contributed by atoms with Crippen LogP contribution in [0.25, 0.3) is 0 Å². The lowest BCUT2D eigenvalue weighted by Crippen LogP contribution is -2.40. The summed E-state index contributed by atoms with van der Waals surface area (Å²) < 4.78 is 0. The number of nitrogens with zero attached hydrogens (tertiary/aromatic N) is 1. The van der Waals surface area contributed by atoms with Gasteiger partial charge in [-0.15, -0.1) is 11.3 Å². The predicted molar refractivity (Wildman–Crippen MR) is 106 cm³/mol. The topological polar surface area (TPSA) is 44.4 Å². The summed E-state index contributed by atoms with van der Waals surface area (Å²) in [5.74, 6) is 0.720. The molecule has 0 bridgehead atoms. The maximum atomic E-state index is 12.0. The summed E-state index contributed by atoms with van der Waals surface area (Å²) in [6.45, 7) is 7.95. The van der Waals surface area contributed by atoms with Gasteiger partial charge in [-0.3, -0.25) is 0 Å². The van der Waals surface area contributed by atoms with Crippen molar-refractivity contribution in [2.24, 2.45) is 0 Å². The second-order valence-corrected chi connectivity index (χ2v) is 7.79. The zero-order valence-corrected chi connectivity index (χ0v) is 15.9. The maximum absolute atomic E-state index is 12.0. The highest BCUT2D eigenvalue weighted by atomic mass is 32.1. The summed E-state index contributed by atoms with van der Waals surface area (Å²) in [5, 5.41) is 8.03. The van der Waals surface area contributed by atoms with E-state index in [0.717, 1.165) is 31.2 Å². The van der Waals surface area contributed by atoms with Crippen molar-refractivity contribution in [3.05, 3.63) is 51.7 Å². The number of nitrogens with one attached hydrogen (secondary N) is 2. The van der Waals surface area contributed by atoms with Gasteiger partial charge in [0.1, 0.15) is 0 Å². The van der Waals surface area contributed by atoms with Crippen LogP contribution in [-0.4, -0.2) is 37.1 Å². The van der Waals surface area contributed by atoms with Gasteiger partial charge < -0.3 is 15.5 Å². The molecule has 1 aliphatic rings. The van der Waals surface area contributed by atoms with Crippen LogP contribution in [0.1, 0.15) is 34.8 Å². The van der Waals surface area contributed by atoms with E-state index in [1.54, 1.807) is 0 Å². The minimum atomic E-state index is -0.128. The Morgan fingerprint density at radius 3 is 2.68 bits per heavy atom. The van der Waals surface area contributed by atoms with Crippen LogP contribution in [0.5, 0.6) is 0 Å². The SMILES string of the molecule is Cc1ccc(NC(=O)NCCN2CCC(c3cccs3)CC2)cc1C. The van der Waals surface area contributed by atoms with E-state index in [9.17, 15) is 4.79 Å². The van der Waals surface area contributed by atoms with E-state index in [0.29, 0.717) is 6.54 Å². The molecule has 2 N–H and O–H groups in total. The number of benzene rings is 1. The van der Waals surface area contributed by atoms with E-state index in [1.807, 2.05) is 29.5 Å². The molecular formula is C20H27N3OS. The lowest BCUT2D eigenvalue weighted by atomic mass is 9.95. The minimum absolute atomic E-state index is 0.128. The largest absolute Gasteiger partial charge is 0.337 e. The van der Waals surface area contributed by atoms with Gasteiger partial charge in [-0.1, -0.05) is 12.1 Å². The maximum Gasteiger partial charge on any atom is 0.319 e. The van der Waals surface area contributed by atoms with Crippen LogP contribution >= 0.6 is 11.3 Å². The molecule has 1 aromatic carbocycles. The third kappa shape index (κ3) is 5.06. The Balaban J connectivity index is 1.35. The molecule has 2 aromatic rings. The standard InChI is InChI=1S/C20H27N3OS/c1-15-5-6-18(14-16(15)2)22-20(24)21-9-12-23-10-7-17(8-11-23)19-4-3-13-25-19/h3-6,13-14,17H,7-12H2,1-2H3,(H2,21,22,24). The molecule has 2 amide bonds. The Kier molecular flexibility index (Phi) is 6.10. The van der Waals surface area contributed by atoms with Crippen molar-refractivity contribution < 1.29 is 4.79 Å². The summed E-state index contributed by atoms with van der Waals surface area (Å²) in [4.78, 5) is 16.0. The monoisotopic (exact) mass is 357 g/mol. The molecule has 4 nitrogen and oxygen atoms in total. The molecule has 5 heteroatoms. The molecule has 1 aromatic heterocycles. The number of likely N-dealkylation sites (tertiary alicyclic amines) is 1. The fourth-order valence-corrected chi connectivity index (χ4v) is 4.19. The number of hydrogen-bond donors (Lipinski definition) is 2. The number of amides is 2. The molecule has 1 aliphatic heterocycles. The minimum Gasteiger partial charge on any atom is -0.337 e. The number of anilines is 1. The fourth-order valence-electron chi connectivity index (χ4n) is 3.29. The van der Waals surface area contributed by atoms with Crippen LogP contribution in [0.4, 0.5) is 10.5 Å². The number of urea groups is 1. The average molecular weight is 358 g/mol. The van der Waals surface area contributed by atoms with E-state index in [2.05, 4.69) is 46.9 Å². The molecule has 1 fully saturated rings. The summed E-state index contributed by atoms with van der Waals surface area (Å²) >= 11 is 1.87. The Hall–Kier alpha value is -1.85. The highest BCUT2D eigenvalue weighted by molar-refractivity contribution is 7.10. The highest BCUT2D eigenvalue weighted by Gasteiger charge is 2.20. The molecule has 0 unspecified atom stereocenters. The van der Waals surface area contributed by atoms with Crippen molar-refractivity contribution in [1.82, 2.24) is 10.2 Å². The van der Waals surface area contributed by atoms with E-state index < -0.39 is 0 Å². The van der Waals surface area contributed by atoms with Gasteiger partial charge in [0.05, 0.1) is 0 Å². The number of thiophene rings is 1. The first-order valence-corrected chi connectivity index (χ1v) is 9.87. The van der Waals surface area contributed by atoms with Gasteiger partial charge in [0.2, 0.25) is 0 Å². The quantitative estimate of drug-likeness (QED) is 0.835. The molecule has 134 valence electrons. The molecule has 0 aliphatic carbocycles. The van der Waals surface area contributed by atoms with E-state index >= 15 is 0 Å². The zero-order chi connectivity index (χ0) is 17.6. The predicted octanol–water partition coefficient (Wildman–Crippen LogP) is 4.37. The molecule has 0 atom stereocenters. The van der Waals surface area contributed by atoms with Gasteiger partial charge in [0.25, 0.3) is 0 Å². The second kappa shape index (κ2) is 8.50. The van der Waals surface area contributed by atoms with Crippen molar-refractivity contribution >= 4 is 23.1 Å². The number of rotatable bonds is 5. The number of piperidine rings is 1. The molecule has 1 saturated heterocycles. The Bertz CT molecular complexity index is 691. The van der Waals surface area contributed by atoms with Crippen LogP contribution in [0.3, 0.4) is 0 Å². The molecule has 0 saturated carbocycles. The second-order valence-electron chi connectivity index (χ2n) is 6.81. The Morgan fingerprint density at radius 2 is 2.00 bits per heavy atom. The van der Waals surface area contributed by atoms with Crippen molar-refractivity contribution in [3.8, 4) is 0 Å². The molecule has 3 rings (SSSR count). The van der Waals surface area contributed by atoms with Crippen LogP contribution in [-0.2, 0) is 0 Å². The Labute approximate surface area is 154 Å². The van der Waals surface area contributed by atoms with Crippen molar-refractivity contribution in [3.63, 3.8) is 0 Å². The van der Waals surface area contributed by atoms with Gasteiger partial charge in [0, 0.05) is 23.7 Å². The van der Waals surface area contributed by atoms with Gasteiger partial charge in [0.15, 0.2) is 0 Å². The normalized spacial score (nSPS) is 15.9. The number of hydrogen-bond acceptors (Lipinski definition) is 3. The number of carbonyl (C=O) groups is 1. The van der Waals surface area contributed by atoms with Crippen molar-refractivity contribution in [1.29, 1.82) is 0 Å². The first-order valence-electron chi connectivity index (χ1n) is 8.99. The third-order valence-electron chi connectivity index (χ3n) is 5.01. The zero-order valence-electron chi connectivity index (χ0n) is 15.0. The molecule has 0 radical (unpaired) electrons. The van der Waals surface area contributed by atoms with Crippen LogP contribution < -0.4 is 10.6 Å². The van der Waals surface area contributed by atoms with Crippen molar-refractivity contribution in [2.75, 3.05) is 31.5 Å².